The molecule has 110 valence electrons. The summed E-state index contributed by atoms with van der Waals surface area (Å²) in [5, 5.41) is 14.0. The van der Waals surface area contributed by atoms with Gasteiger partial charge in [-0.1, -0.05) is 13.8 Å². The number of carbonyl (C=O) groups is 3. The van der Waals surface area contributed by atoms with Crippen LogP contribution < -0.4 is 16.4 Å². The Kier molecular flexibility index (Phi) is 7.74. The highest BCUT2D eigenvalue weighted by Gasteiger charge is 2.24. The van der Waals surface area contributed by atoms with Gasteiger partial charge in [0, 0.05) is 13.5 Å². The van der Waals surface area contributed by atoms with Gasteiger partial charge in [0.1, 0.15) is 6.04 Å². The zero-order valence-corrected chi connectivity index (χ0v) is 11.6. The predicted molar refractivity (Wildman–Crippen MR) is 70.3 cm³/mol. The quantitative estimate of drug-likeness (QED) is 0.442. The maximum Gasteiger partial charge on any atom is 0.326 e. The van der Waals surface area contributed by atoms with Gasteiger partial charge in [0.2, 0.25) is 11.8 Å². The minimum Gasteiger partial charge on any atom is -0.480 e. The molecule has 0 saturated carbocycles. The Hall–Kier alpha value is -1.63. The molecule has 0 aliphatic carbocycles. The number of aliphatic carboxylic acids is 1. The van der Waals surface area contributed by atoms with E-state index in [4.69, 9.17) is 10.8 Å². The van der Waals surface area contributed by atoms with Gasteiger partial charge in [-0.25, -0.2) is 4.79 Å². The number of carboxylic acids is 1. The molecule has 19 heavy (non-hydrogen) atoms. The molecular weight excluding hydrogens is 250 g/mol. The predicted octanol–water partition coefficient (Wildman–Crippen LogP) is -0.545. The van der Waals surface area contributed by atoms with Crippen LogP contribution in [0.25, 0.3) is 0 Å². The second-order valence-corrected chi connectivity index (χ2v) is 4.79. The Morgan fingerprint density at radius 2 is 1.84 bits per heavy atom. The lowest BCUT2D eigenvalue weighted by molar-refractivity contribution is -0.142. The van der Waals surface area contributed by atoms with Gasteiger partial charge in [-0.15, -0.1) is 0 Å². The first-order valence-corrected chi connectivity index (χ1v) is 6.29. The Morgan fingerprint density at radius 3 is 2.26 bits per heavy atom. The zero-order chi connectivity index (χ0) is 15.0. The molecule has 7 heteroatoms. The number of hydrogen-bond acceptors (Lipinski definition) is 4. The van der Waals surface area contributed by atoms with E-state index >= 15 is 0 Å². The van der Waals surface area contributed by atoms with Gasteiger partial charge in [-0.2, -0.15) is 0 Å². The lowest BCUT2D eigenvalue weighted by atomic mass is 10.0. The van der Waals surface area contributed by atoms with Crippen molar-refractivity contribution in [1.29, 1.82) is 0 Å². The van der Waals surface area contributed by atoms with Crippen molar-refractivity contribution in [2.75, 3.05) is 6.54 Å². The minimum absolute atomic E-state index is 0.0613. The molecule has 0 aromatic heterocycles. The number of rotatable bonds is 8. The molecule has 7 nitrogen and oxygen atoms in total. The molecule has 0 fully saturated rings. The molecule has 0 bridgehead atoms. The molecule has 0 aromatic carbocycles. The van der Waals surface area contributed by atoms with Crippen LogP contribution in [-0.4, -0.2) is 41.5 Å². The Labute approximate surface area is 112 Å². The van der Waals surface area contributed by atoms with Crippen molar-refractivity contribution in [3.8, 4) is 0 Å². The number of carboxylic acid groups (broad SMARTS) is 1. The summed E-state index contributed by atoms with van der Waals surface area (Å²) in [5.41, 5.74) is 5.64. The van der Waals surface area contributed by atoms with Crippen LogP contribution in [0.3, 0.4) is 0 Å². The van der Waals surface area contributed by atoms with E-state index in [1.54, 1.807) is 13.8 Å². The first-order chi connectivity index (χ1) is 8.75. The van der Waals surface area contributed by atoms with Gasteiger partial charge in [0.05, 0.1) is 6.04 Å². The fourth-order valence-electron chi connectivity index (χ4n) is 1.40. The van der Waals surface area contributed by atoms with E-state index < -0.39 is 24.0 Å². The van der Waals surface area contributed by atoms with Crippen LogP contribution in [-0.2, 0) is 14.4 Å². The lowest BCUT2D eigenvalue weighted by Gasteiger charge is -2.19. The van der Waals surface area contributed by atoms with Crippen LogP contribution in [0.4, 0.5) is 0 Å². The molecular formula is C12H23N3O4. The third-order valence-electron chi connectivity index (χ3n) is 2.68. The number of nitrogens with one attached hydrogen (secondary N) is 2. The number of amides is 2. The molecule has 2 atom stereocenters. The van der Waals surface area contributed by atoms with Crippen LogP contribution in [0.2, 0.25) is 0 Å². The number of hydrogen-bond donors (Lipinski definition) is 4. The molecule has 0 heterocycles. The van der Waals surface area contributed by atoms with Gasteiger partial charge in [0.25, 0.3) is 0 Å². The van der Waals surface area contributed by atoms with E-state index in [-0.39, 0.29) is 18.2 Å². The van der Waals surface area contributed by atoms with Crippen molar-refractivity contribution in [1.82, 2.24) is 10.6 Å². The molecule has 0 aromatic rings. The third kappa shape index (κ3) is 7.40. The smallest absolute Gasteiger partial charge is 0.326 e. The summed E-state index contributed by atoms with van der Waals surface area (Å²) in [6.07, 6.45) is 0.708. The Balaban J connectivity index is 4.23. The summed E-state index contributed by atoms with van der Waals surface area (Å²) >= 11 is 0. The topological polar surface area (TPSA) is 122 Å². The molecule has 0 aliphatic rings. The van der Waals surface area contributed by atoms with E-state index in [0.29, 0.717) is 13.0 Å². The molecule has 0 rings (SSSR count). The van der Waals surface area contributed by atoms with Crippen molar-refractivity contribution in [2.45, 2.75) is 45.7 Å². The maximum atomic E-state index is 11.7. The van der Waals surface area contributed by atoms with Gasteiger partial charge < -0.3 is 21.5 Å². The van der Waals surface area contributed by atoms with Crippen LogP contribution >= 0.6 is 0 Å². The van der Waals surface area contributed by atoms with Crippen molar-refractivity contribution in [2.24, 2.45) is 11.7 Å². The summed E-state index contributed by atoms with van der Waals surface area (Å²) in [6.45, 7) is 5.34. The second-order valence-electron chi connectivity index (χ2n) is 4.79. The van der Waals surface area contributed by atoms with E-state index in [1.807, 2.05) is 0 Å². The Morgan fingerprint density at radius 1 is 1.26 bits per heavy atom. The van der Waals surface area contributed by atoms with Crippen LogP contribution in [0.1, 0.15) is 33.6 Å². The standard InChI is InChI=1S/C12H23N3O4/c1-7(2)10(13)11(17)15-9(12(18)19)5-4-6-14-8(3)16/h7,9-10H,4-6,13H2,1-3H3,(H,14,16)(H,15,17)(H,18,19)/t9-,10-/m0/s1. The summed E-state index contributed by atoms with van der Waals surface area (Å²) < 4.78 is 0. The fourth-order valence-corrected chi connectivity index (χ4v) is 1.40. The normalized spacial score (nSPS) is 13.7. The van der Waals surface area contributed by atoms with E-state index in [2.05, 4.69) is 10.6 Å². The molecule has 0 spiro atoms. The lowest BCUT2D eigenvalue weighted by Crippen LogP contribution is -2.50. The van der Waals surface area contributed by atoms with E-state index in [9.17, 15) is 14.4 Å². The van der Waals surface area contributed by atoms with Crippen molar-refractivity contribution in [3.05, 3.63) is 0 Å². The highest BCUT2D eigenvalue weighted by molar-refractivity contribution is 5.86. The van der Waals surface area contributed by atoms with Gasteiger partial charge in [-0.05, 0) is 18.8 Å². The van der Waals surface area contributed by atoms with Crippen molar-refractivity contribution in [3.63, 3.8) is 0 Å². The third-order valence-corrected chi connectivity index (χ3v) is 2.68. The van der Waals surface area contributed by atoms with Crippen molar-refractivity contribution >= 4 is 17.8 Å². The van der Waals surface area contributed by atoms with Crippen molar-refractivity contribution < 1.29 is 19.5 Å². The average molecular weight is 273 g/mol. The Bertz CT molecular complexity index is 331. The fraction of sp³-hybridized carbons (Fsp3) is 0.750. The highest BCUT2D eigenvalue weighted by atomic mass is 16.4. The first-order valence-electron chi connectivity index (χ1n) is 6.29. The van der Waals surface area contributed by atoms with Crippen LogP contribution in [0.5, 0.6) is 0 Å². The highest BCUT2D eigenvalue weighted by Crippen LogP contribution is 2.02. The second kappa shape index (κ2) is 8.47. The minimum atomic E-state index is -1.10. The van der Waals surface area contributed by atoms with E-state index in [0.717, 1.165) is 0 Å². The molecule has 0 radical (unpaired) electrons. The summed E-state index contributed by atoms with van der Waals surface area (Å²) in [4.78, 5) is 33.3. The van der Waals surface area contributed by atoms with E-state index in [1.165, 1.54) is 6.92 Å². The largest absolute Gasteiger partial charge is 0.480 e. The van der Waals surface area contributed by atoms with Crippen LogP contribution in [0.15, 0.2) is 0 Å². The average Bonchev–Trinajstić information content (AvgIpc) is 2.30. The number of carbonyl (C=O) groups excluding carboxylic acids is 2. The molecule has 0 unspecified atom stereocenters. The monoisotopic (exact) mass is 273 g/mol. The van der Waals surface area contributed by atoms with Gasteiger partial charge in [0.15, 0.2) is 0 Å². The number of nitrogens with two attached hydrogens (primary N) is 1. The van der Waals surface area contributed by atoms with Crippen LogP contribution in [0, 0.1) is 5.92 Å². The first kappa shape index (κ1) is 17.4. The summed E-state index contributed by atoms with van der Waals surface area (Å²) in [7, 11) is 0. The summed E-state index contributed by atoms with van der Waals surface area (Å²) in [6, 6.07) is -1.71. The SMILES string of the molecule is CC(=O)NCCC[C@H](NC(=O)[C@@H](N)C(C)C)C(=O)O. The molecule has 0 saturated heterocycles. The molecule has 0 aliphatic heterocycles. The molecule has 5 N–H and O–H groups in total. The molecule has 2 amide bonds. The zero-order valence-electron chi connectivity index (χ0n) is 11.6. The van der Waals surface area contributed by atoms with Gasteiger partial charge >= 0.3 is 5.97 Å². The van der Waals surface area contributed by atoms with Gasteiger partial charge in [-0.3, -0.25) is 9.59 Å². The summed E-state index contributed by atoms with van der Waals surface area (Å²) in [5.74, 6) is -1.80. The maximum absolute atomic E-state index is 11.7.